The van der Waals surface area contributed by atoms with Crippen LogP contribution >= 0.6 is 15.9 Å². The van der Waals surface area contributed by atoms with Crippen molar-refractivity contribution in [1.29, 1.82) is 0 Å². The molecule has 2 fully saturated rings. The van der Waals surface area contributed by atoms with E-state index in [-0.39, 0.29) is 23.6 Å². The first-order valence-electron chi connectivity index (χ1n) is 10.8. The van der Waals surface area contributed by atoms with Crippen molar-refractivity contribution in [1.82, 2.24) is 0 Å². The third kappa shape index (κ3) is 2.94. The normalized spacial score (nSPS) is 25.1. The molecule has 0 spiro atoms. The fourth-order valence-corrected chi connectivity index (χ4v) is 5.69. The van der Waals surface area contributed by atoms with E-state index >= 15 is 0 Å². The zero-order valence-corrected chi connectivity index (χ0v) is 19.1. The summed E-state index contributed by atoms with van der Waals surface area (Å²) in [5.74, 6) is -2.09. The van der Waals surface area contributed by atoms with Gasteiger partial charge in [0.05, 0.1) is 23.6 Å². The molecule has 6 heteroatoms. The molecule has 3 aromatic rings. The van der Waals surface area contributed by atoms with Crippen molar-refractivity contribution in [3.63, 3.8) is 0 Å². The second-order valence-corrected chi connectivity index (χ2v) is 9.45. The number of rotatable bonds is 3. The molecule has 0 unspecified atom stereocenters. The standard InChI is InChI=1S/C27H19BrN2O3/c28-18-13-10-17(11-14-18)25(31)24-23-22(21-15-12-16-6-4-5-9-20(16)30(21)24)26(32)29(27(23)33)19-7-2-1-3-8-19/h1-15,21-24H/t21-,22-,23+,24-/m0/s1. The van der Waals surface area contributed by atoms with Gasteiger partial charge in [-0.2, -0.15) is 0 Å². The van der Waals surface area contributed by atoms with Crippen molar-refractivity contribution in [2.45, 2.75) is 12.1 Å². The van der Waals surface area contributed by atoms with E-state index in [0.717, 1.165) is 15.7 Å². The minimum Gasteiger partial charge on any atom is -0.352 e. The van der Waals surface area contributed by atoms with Gasteiger partial charge in [0.25, 0.3) is 0 Å². The smallest absolute Gasteiger partial charge is 0.240 e. The molecule has 4 atom stereocenters. The molecule has 0 bridgehead atoms. The van der Waals surface area contributed by atoms with E-state index in [1.165, 1.54) is 4.90 Å². The predicted octanol–water partition coefficient (Wildman–Crippen LogP) is 4.72. The highest BCUT2D eigenvalue weighted by Gasteiger charge is 2.64. The number of hydrogen-bond donors (Lipinski definition) is 0. The summed E-state index contributed by atoms with van der Waals surface area (Å²) in [4.78, 5) is 44.5. The second kappa shape index (κ2) is 7.52. The van der Waals surface area contributed by atoms with Crippen molar-refractivity contribution in [2.75, 3.05) is 9.80 Å². The molecule has 2 saturated heterocycles. The Balaban J connectivity index is 1.50. The number of nitrogens with zero attached hydrogens (tertiary/aromatic N) is 2. The summed E-state index contributed by atoms with van der Waals surface area (Å²) in [5.41, 5.74) is 2.92. The monoisotopic (exact) mass is 498 g/mol. The van der Waals surface area contributed by atoms with Crippen LogP contribution in [0, 0.1) is 11.8 Å². The van der Waals surface area contributed by atoms with Gasteiger partial charge in [-0.1, -0.05) is 76.6 Å². The van der Waals surface area contributed by atoms with E-state index in [0.29, 0.717) is 11.3 Å². The molecule has 3 aromatic carbocycles. The summed E-state index contributed by atoms with van der Waals surface area (Å²) in [6.45, 7) is 0. The summed E-state index contributed by atoms with van der Waals surface area (Å²) in [5, 5.41) is 0. The first-order valence-corrected chi connectivity index (χ1v) is 11.6. The molecule has 0 radical (unpaired) electrons. The van der Waals surface area contributed by atoms with Crippen LogP contribution in [0.4, 0.5) is 11.4 Å². The first kappa shape index (κ1) is 20.1. The zero-order valence-electron chi connectivity index (χ0n) is 17.5. The zero-order chi connectivity index (χ0) is 22.7. The highest BCUT2D eigenvalue weighted by atomic mass is 79.9. The molecule has 162 valence electrons. The average molecular weight is 499 g/mol. The molecule has 33 heavy (non-hydrogen) atoms. The van der Waals surface area contributed by atoms with Crippen molar-refractivity contribution in [2.24, 2.45) is 11.8 Å². The van der Waals surface area contributed by atoms with E-state index in [4.69, 9.17) is 0 Å². The Morgan fingerprint density at radius 2 is 1.45 bits per heavy atom. The number of carbonyl (C=O) groups excluding carboxylic acids is 3. The van der Waals surface area contributed by atoms with Gasteiger partial charge < -0.3 is 4.90 Å². The predicted molar refractivity (Wildman–Crippen MR) is 130 cm³/mol. The Hall–Kier alpha value is -3.51. The minimum atomic E-state index is -0.766. The molecule has 0 aliphatic carbocycles. The minimum absolute atomic E-state index is 0.152. The Morgan fingerprint density at radius 3 is 2.21 bits per heavy atom. The number of para-hydroxylation sites is 2. The van der Waals surface area contributed by atoms with Crippen LogP contribution < -0.4 is 9.80 Å². The van der Waals surface area contributed by atoms with Crippen LogP contribution in [-0.2, 0) is 9.59 Å². The van der Waals surface area contributed by atoms with Crippen molar-refractivity contribution in [3.05, 3.63) is 101 Å². The summed E-state index contributed by atoms with van der Waals surface area (Å²) >= 11 is 3.41. The van der Waals surface area contributed by atoms with Crippen LogP contribution in [-0.4, -0.2) is 29.7 Å². The molecular formula is C27H19BrN2O3. The molecule has 3 aliphatic heterocycles. The van der Waals surface area contributed by atoms with Gasteiger partial charge in [-0.15, -0.1) is 0 Å². The number of amides is 2. The van der Waals surface area contributed by atoms with Crippen LogP contribution in [0.2, 0.25) is 0 Å². The maximum absolute atomic E-state index is 13.9. The van der Waals surface area contributed by atoms with Gasteiger partial charge >= 0.3 is 0 Å². The number of anilines is 2. The van der Waals surface area contributed by atoms with Gasteiger partial charge in [-0.25, -0.2) is 4.90 Å². The third-order valence-electron chi connectivity index (χ3n) is 6.83. The van der Waals surface area contributed by atoms with Crippen molar-refractivity contribution in [3.8, 4) is 0 Å². The van der Waals surface area contributed by atoms with Crippen molar-refractivity contribution >= 4 is 51.0 Å². The average Bonchev–Trinajstić information content (AvgIpc) is 3.32. The van der Waals surface area contributed by atoms with Crippen LogP contribution in [0.25, 0.3) is 6.08 Å². The number of Topliss-reactive ketones (excluding diaryl/α,β-unsaturated/α-hetero) is 1. The van der Waals surface area contributed by atoms with E-state index in [9.17, 15) is 14.4 Å². The highest BCUT2D eigenvalue weighted by molar-refractivity contribution is 9.10. The van der Waals surface area contributed by atoms with Crippen LogP contribution in [0.1, 0.15) is 15.9 Å². The summed E-state index contributed by atoms with van der Waals surface area (Å²) in [7, 11) is 0. The lowest BCUT2D eigenvalue weighted by Gasteiger charge is -2.36. The number of hydrogen-bond acceptors (Lipinski definition) is 4. The molecule has 0 saturated carbocycles. The first-order chi connectivity index (χ1) is 16.1. The number of ketones is 1. The van der Waals surface area contributed by atoms with E-state index < -0.39 is 17.9 Å². The number of imide groups is 1. The van der Waals surface area contributed by atoms with E-state index in [1.807, 2.05) is 59.5 Å². The van der Waals surface area contributed by atoms with Crippen LogP contribution in [0.3, 0.4) is 0 Å². The molecule has 3 aliphatic rings. The number of carbonyl (C=O) groups is 3. The SMILES string of the molecule is O=C(c1ccc(Br)cc1)[C@@H]1[C@@H]2C(=O)N(c3ccccc3)C(=O)[C@H]2[C@@H]2C=Cc3ccccc3N12. The molecular weight excluding hydrogens is 480 g/mol. The van der Waals surface area contributed by atoms with E-state index in [1.54, 1.807) is 36.4 Å². The maximum Gasteiger partial charge on any atom is 0.240 e. The van der Waals surface area contributed by atoms with Crippen LogP contribution in [0.5, 0.6) is 0 Å². The van der Waals surface area contributed by atoms with Gasteiger partial charge in [0.15, 0.2) is 5.78 Å². The highest BCUT2D eigenvalue weighted by Crippen LogP contribution is 2.49. The number of fused-ring (bicyclic) bond motifs is 5. The maximum atomic E-state index is 13.9. The third-order valence-corrected chi connectivity index (χ3v) is 7.36. The summed E-state index contributed by atoms with van der Waals surface area (Å²) < 4.78 is 0.870. The molecule has 5 nitrogen and oxygen atoms in total. The van der Waals surface area contributed by atoms with Crippen LogP contribution in [0.15, 0.2) is 89.4 Å². The topological polar surface area (TPSA) is 57.7 Å². The Bertz CT molecular complexity index is 1320. The molecule has 2 amide bonds. The fraction of sp³-hybridized carbons (Fsp3) is 0.148. The summed E-state index contributed by atoms with van der Waals surface area (Å²) in [6, 6.07) is 22.8. The lowest BCUT2D eigenvalue weighted by molar-refractivity contribution is -0.122. The van der Waals surface area contributed by atoms with Gasteiger partial charge in [-0.05, 0) is 35.9 Å². The Morgan fingerprint density at radius 1 is 0.788 bits per heavy atom. The molecule has 0 N–H and O–H groups in total. The van der Waals surface area contributed by atoms with Crippen molar-refractivity contribution < 1.29 is 14.4 Å². The Kier molecular flexibility index (Phi) is 4.59. The largest absolute Gasteiger partial charge is 0.352 e. The lowest BCUT2D eigenvalue weighted by Crippen LogP contribution is -2.48. The Labute approximate surface area is 199 Å². The fourth-order valence-electron chi connectivity index (χ4n) is 5.43. The van der Waals surface area contributed by atoms with Gasteiger partial charge in [0.1, 0.15) is 6.04 Å². The molecule has 0 aromatic heterocycles. The van der Waals surface area contributed by atoms with Gasteiger partial charge in [-0.3, -0.25) is 14.4 Å². The van der Waals surface area contributed by atoms with Gasteiger partial charge in [0, 0.05) is 15.7 Å². The molecule has 6 rings (SSSR count). The number of benzene rings is 3. The van der Waals surface area contributed by atoms with Gasteiger partial charge in [0.2, 0.25) is 11.8 Å². The molecule has 3 heterocycles. The second-order valence-electron chi connectivity index (χ2n) is 8.53. The number of halogens is 1. The quantitative estimate of drug-likeness (QED) is 0.387. The lowest BCUT2D eigenvalue weighted by atomic mass is 9.86. The van der Waals surface area contributed by atoms with E-state index in [2.05, 4.69) is 15.9 Å². The summed E-state index contributed by atoms with van der Waals surface area (Å²) in [6.07, 6.45) is 3.96.